The second-order valence-electron chi connectivity index (χ2n) is 7.11. The number of hydrogen-bond acceptors (Lipinski definition) is 6. The van der Waals surface area contributed by atoms with Crippen LogP contribution in [0.3, 0.4) is 0 Å². The summed E-state index contributed by atoms with van der Waals surface area (Å²) in [5, 5.41) is 13.4. The minimum Gasteiger partial charge on any atom is -0.411 e. The molecular weight excluding hydrogens is 433 g/mol. The Labute approximate surface area is 187 Å². The van der Waals surface area contributed by atoms with E-state index < -0.39 is 0 Å². The molecule has 0 aliphatic heterocycles. The molecule has 1 atom stereocenters. The Morgan fingerprint density at radius 2 is 1.87 bits per heavy atom. The van der Waals surface area contributed by atoms with Gasteiger partial charge in [-0.25, -0.2) is 4.39 Å². The van der Waals surface area contributed by atoms with Gasteiger partial charge in [-0.1, -0.05) is 47.2 Å². The van der Waals surface area contributed by atoms with Crippen molar-refractivity contribution < 1.29 is 13.6 Å². The fraction of sp³-hybridized carbons (Fsp3) is 0.174. The molecule has 0 radical (unpaired) electrons. The molecule has 31 heavy (non-hydrogen) atoms. The second-order valence-corrected chi connectivity index (χ2v) is 9.01. The maximum absolute atomic E-state index is 13.3. The lowest BCUT2D eigenvalue weighted by atomic mass is 10.1. The molecular formula is C23H20FN3O2S2. The van der Waals surface area contributed by atoms with E-state index in [1.165, 1.54) is 35.2 Å². The SMILES string of the molecule is Cc1cc(C)cc(-c2nnc(SCC(=O)NC(c3ccc(F)cc3)c3cccs3)o2)c1. The molecule has 0 saturated heterocycles. The number of aromatic nitrogens is 2. The number of halogens is 1. The number of thiophene rings is 1. The summed E-state index contributed by atoms with van der Waals surface area (Å²) < 4.78 is 19.0. The van der Waals surface area contributed by atoms with Gasteiger partial charge >= 0.3 is 0 Å². The Balaban J connectivity index is 1.42. The largest absolute Gasteiger partial charge is 0.411 e. The molecule has 2 heterocycles. The number of thioether (sulfide) groups is 1. The van der Waals surface area contributed by atoms with Crippen LogP contribution in [0.25, 0.3) is 11.5 Å². The van der Waals surface area contributed by atoms with Crippen molar-refractivity contribution in [3.05, 3.63) is 87.4 Å². The van der Waals surface area contributed by atoms with Crippen LogP contribution in [0.15, 0.2) is 69.6 Å². The molecule has 4 rings (SSSR count). The lowest BCUT2D eigenvalue weighted by molar-refractivity contribution is -0.119. The zero-order chi connectivity index (χ0) is 21.8. The van der Waals surface area contributed by atoms with Crippen LogP contribution in [-0.4, -0.2) is 21.9 Å². The first kappa shape index (κ1) is 21.3. The molecule has 0 fully saturated rings. The minimum absolute atomic E-state index is 0.123. The van der Waals surface area contributed by atoms with Crippen molar-refractivity contribution >= 4 is 29.0 Å². The molecule has 0 aliphatic carbocycles. The maximum atomic E-state index is 13.3. The quantitative estimate of drug-likeness (QED) is 0.372. The van der Waals surface area contributed by atoms with Gasteiger partial charge in [0.1, 0.15) is 5.82 Å². The Morgan fingerprint density at radius 3 is 2.55 bits per heavy atom. The molecule has 2 aromatic carbocycles. The Morgan fingerprint density at radius 1 is 1.13 bits per heavy atom. The molecule has 1 N–H and O–H groups in total. The molecule has 5 nitrogen and oxygen atoms in total. The van der Waals surface area contributed by atoms with Gasteiger partial charge in [0.25, 0.3) is 5.22 Å². The van der Waals surface area contributed by atoms with Gasteiger partial charge in [0.15, 0.2) is 0 Å². The molecule has 0 spiro atoms. The summed E-state index contributed by atoms with van der Waals surface area (Å²) in [7, 11) is 0. The molecule has 158 valence electrons. The van der Waals surface area contributed by atoms with E-state index in [0.717, 1.165) is 27.1 Å². The van der Waals surface area contributed by atoms with Crippen molar-refractivity contribution in [2.24, 2.45) is 0 Å². The number of hydrogen-bond donors (Lipinski definition) is 1. The van der Waals surface area contributed by atoms with Crippen molar-refractivity contribution in [2.45, 2.75) is 25.1 Å². The van der Waals surface area contributed by atoms with E-state index in [2.05, 4.69) is 21.6 Å². The van der Waals surface area contributed by atoms with Crippen molar-refractivity contribution in [2.75, 3.05) is 5.75 Å². The van der Waals surface area contributed by atoms with Crippen LogP contribution in [0.2, 0.25) is 0 Å². The normalized spacial score (nSPS) is 12.0. The van der Waals surface area contributed by atoms with Gasteiger partial charge < -0.3 is 9.73 Å². The van der Waals surface area contributed by atoms with Crippen LogP contribution in [-0.2, 0) is 4.79 Å². The van der Waals surface area contributed by atoms with Gasteiger partial charge in [0.2, 0.25) is 11.8 Å². The van der Waals surface area contributed by atoms with Crippen LogP contribution in [0.5, 0.6) is 0 Å². The molecule has 0 saturated carbocycles. The third-order valence-electron chi connectivity index (χ3n) is 4.54. The highest BCUT2D eigenvalue weighted by molar-refractivity contribution is 7.99. The molecule has 0 aliphatic rings. The summed E-state index contributed by atoms with van der Waals surface area (Å²) in [6, 6.07) is 15.7. The number of benzene rings is 2. The molecule has 4 aromatic rings. The number of nitrogens with zero attached hydrogens (tertiary/aromatic N) is 2. The number of aryl methyl sites for hydroxylation is 2. The highest BCUT2D eigenvalue weighted by Gasteiger charge is 2.19. The van der Waals surface area contributed by atoms with Gasteiger partial charge in [-0.05, 0) is 55.1 Å². The zero-order valence-corrected chi connectivity index (χ0v) is 18.6. The first-order valence-electron chi connectivity index (χ1n) is 9.61. The fourth-order valence-corrected chi connectivity index (χ4v) is 4.62. The lowest BCUT2D eigenvalue weighted by Gasteiger charge is -2.18. The van der Waals surface area contributed by atoms with E-state index >= 15 is 0 Å². The maximum Gasteiger partial charge on any atom is 0.277 e. The van der Waals surface area contributed by atoms with Crippen molar-refractivity contribution in [3.63, 3.8) is 0 Å². The summed E-state index contributed by atoms with van der Waals surface area (Å²) in [6.45, 7) is 4.02. The highest BCUT2D eigenvalue weighted by atomic mass is 32.2. The standard InChI is InChI=1S/C23H20FN3O2S2/c1-14-10-15(2)12-17(11-14)22-26-27-23(29-22)31-13-20(28)25-21(19-4-3-9-30-19)16-5-7-18(24)8-6-16/h3-12,21H,13H2,1-2H3,(H,25,28). The number of nitrogens with one attached hydrogen (secondary N) is 1. The van der Waals surface area contributed by atoms with Crippen molar-refractivity contribution in [1.29, 1.82) is 0 Å². The number of carbonyl (C=O) groups excluding carboxylic acids is 1. The van der Waals surface area contributed by atoms with E-state index in [1.54, 1.807) is 12.1 Å². The molecule has 0 bridgehead atoms. The second kappa shape index (κ2) is 9.45. The Kier molecular flexibility index (Phi) is 6.48. The van der Waals surface area contributed by atoms with Crippen LogP contribution < -0.4 is 5.32 Å². The van der Waals surface area contributed by atoms with E-state index in [-0.39, 0.29) is 23.5 Å². The third kappa shape index (κ3) is 5.39. The van der Waals surface area contributed by atoms with Crippen LogP contribution in [0.4, 0.5) is 4.39 Å². The average Bonchev–Trinajstić information content (AvgIpc) is 3.43. The van der Waals surface area contributed by atoms with Gasteiger partial charge in [-0.3, -0.25) is 4.79 Å². The zero-order valence-electron chi connectivity index (χ0n) is 17.0. The van der Waals surface area contributed by atoms with Crippen LogP contribution >= 0.6 is 23.1 Å². The van der Waals surface area contributed by atoms with Crippen LogP contribution in [0.1, 0.15) is 27.6 Å². The highest BCUT2D eigenvalue weighted by Crippen LogP contribution is 2.28. The predicted octanol–water partition coefficient (Wildman–Crippen LogP) is 5.55. The smallest absolute Gasteiger partial charge is 0.277 e. The fourth-order valence-electron chi connectivity index (χ4n) is 3.24. The summed E-state index contributed by atoms with van der Waals surface area (Å²) in [5.41, 5.74) is 3.90. The van der Waals surface area contributed by atoms with Crippen molar-refractivity contribution in [3.8, 4) is 11.5 Å². The number of carbonyl (C=O) groups is 1. The first-order valence-corrected chi connectivity index (χ1v) is 11.5. The predicted molar refractivity (Wildman–Crippen MR) is 121 cm³/mol. The molecule has 1 unspecified atom stereocenters. The van der Waals surface area contributed by atoms with Gasteiger partial charge in [0.05, 0.1) is 11.8 Å². The molecule has 2 aromatic heterocycles. The first-order chi connectivity index (χ1) is 15.0. The Hall–Kier alpha value is -2.97. The summed E-state index contributed by atoms with van der Waals surface area (Å²) in [4.78, 5) is 13.6. The monoisotopic (exact) mass is 453 g/mol. The average molecular weight is 454 g/mol. The van der Waals surface area contributed by atoms with E-state index in [9.17, 15) is 9.18 Å². The van der Waals surface area contributed by atoms with Gasteiger partial charge in [-0.2, -0.15) is 0 Å². The molecule has 8 heteroatoms. The lowest BCUT2D eigenvalue weighted by Crippen LogP contribution is -2.30. The molecule has 1 amide bonds. The minimum atomic E-state index is -0.345. The third-order valence-corrected chi connectivity index (χ3v) is 6.29. The van der Waals surface area contributed by atoms with Crippen molar-refractivity contribution in [1.82, 2.24) is 15.5 Å². The summed E-state index contributed by atoms with van der Waals surface area (Å²) in [5.74, 6) is 0.0558. The topological polar surface area (TPSA) is 68.0 Å². The van der Waals surface area contributed by atoms with E-state index in [1.807, 2.05) is 43.5 Å². The van der Waals surface area contributed by atoms with E-state index in [4.69, 9.17) is 4.42 Å². The Bertz CT molecular complexity index is 1150. The number of amides is 1. The van der Waals surface area contributed by atoms with Crippen LogP contribution in [0, 0.1) is 19.7 Å². The number of rotatable bonds is 7. The van der Waals surface area contributed by atoms with Gasteiger partial charge in [-0.15, -0.1) is 21.5 Å². The summed E-state index contributed by atoms with van der Waals surface area (Å²) >= 11 is 2.71. The van der Waals surface area contributed by atoms with Gasteiger partial charge in [0, 0.05) is 10.4 Å². The van der Waals surface area contributed by atoms with E-state index in [0.29, 0.717) is 11.1 Å². The summed E-state index contributed by atoms with van der Waals surface area (Å²) in [6.07, 6.45) is 0.